The first-order chi connectivity index (χ1) is 9.66. The Balaban J connectivity index is 1.83. The van der Waals surface area contributed by atoms with E-state index in [0.717, 1.165) is 13.1 Å². The summed E-state index contributed by atoms with van der Waals surface area (Å²) in [6, 6.07) is 10.5. The zero-order chi connectivity index (χ0) is 14.1. The number of rotatable bonds is 3. The van der Waals surface area contributed by atoms with Crippen molar-refractivity contribution in [3.8, 4) is 0 Å². The first-order valence-electron chi connectivity index (χ1n) is 7.44. The van der Waals surface area contributed by atoms with Gasteiger partial charge < -0.3 is 5.11 Å². The van der Waals surface area contributed by atoms with E-state index in [1.54, 1.807) is 0 Å². The summed E-state index contributed by atoms with van der Waals surface area (Å²) in [5, 5.41) is 9.56. The van der Waals surface area contributed by atoms with Gasteiger partial charge in [-0.15, -0.1) is 0 Å². The van der Waals surface area contributed by atoms with Crippen LogP contribution in [0.3, 0.4) is 0 Å². The van der Waals surface area contributed by atoms with Crippen LogP contribution in [0.25, 0.3) is 0 Å². The Bertz CT molecular complexity index is 477. The minimum atomic E-state index is -0.696. The van der Waals surface area contributed by atoms with Gasteiger partial charge in [-0.3, -0.25) is 14.6 Å². The molecule has 0 bridgehead atoms. The highest BCUT2D eigenvalue weighted by Gasteiger charge is 2.41. The molecule has 2 aliphatic heterocycles. The highest BCUT2D eigenvalue weighted by atomic mass is 16.4. The number of piperazine rings is 1. The number of nitrogens with zero attached hydrogens (tertiary/aromatic N) is 2. The molecular formula is C16H22N2O2. The third kappa shape index (κ3) is 2.45. The molecule has 0 amide bonds. The number of carboxylic acid groups (broad SMARTS) is 1. The van der Waals surface area contributed by atoms with Crippen LogP contribution in [-0.2, 0) is 4.79 Å². The van der Waals surface area contributed by atoms with E-state index in [4.69, 9.17) is 0 Å². The third-order valence-corrected chi connectivity index (χ3v) is 4.79. The van der Waals surface area contributed by atoms with E-state index in [-0.39, 0.29) is 12.1 Å². The number of hydrogen-bond acceptors (Lipinski definition) is 3. The normalized spacial score (nSPS) is 29.1. The van der Waals surface area contributed by atoms with Gasteiger partial charge in [0.05, 0.1) is 0 Å². The average Bonchev–Trinajstić information content (AvgIpc) is 2.93. The van der Waals surface area contributed by atoms with Crippen molar-refractivity contribution in [2.75, 3.05) is 19.6 Å². The van der Waals surface area contributed by atoms with E-state index in [1.165, 1.54) is 18.4 Å². The minimum absolute atomic E-state index is 0.153. The van der Waals surface area contributed by atoms with Gasteiger partial charge in [0.15, 0.2) is 0 Å². The largest absolute Gasteiger partial charge is 0.480 e. The molecule has 1 aromatic rings. The molecule has 3 rings (SSSR count). The van der Waals surface area contributed by atoms with Gasteiger partial charge in [0.1, 0.15) is 6.04 Å². The van der Waals surface area contributed by atoms with Crippen molar-refractivity contribution in [3.05, 3.63) is 35.9 Å². The monoisotopic (exact) mass is 274 g/mol. The summed E-state index contributed by atoms with van der Waals surface area (Å²) in [6.45, 7) is 4.71. The molecule has 2 aliphatic rings. The van der Waals surface area contributed by atoms with Crippen molar-refractivity contribution in [1.82, 2.24) is 9.80 Å². The summed E-state index contributed by atoms with van der Waals surface area (Å²) in [4.78, 5) is 16.1. The Hall–Kier alpha value is -1.39. The second kappa shape index (κ2) is 5.54. The molecule has 1 unspecified atom stereocenters. The van der Waals surface area contributed by atoms with Gasteiger partial charge >= 0.3 is 5.97 Å². The van der Waals surface area contributed by atoms with Gasteiger partial charge in [-0.25, -0.2) is 0 Å². The molecule has 3 atom stereocenters. The Kier molecular flexibility index (Phi) is 3.76. The van der Waals surface area contributed by atoms with Crippen LogP contribution in [-0.4, -0.2) is 52.6 Å². The van der Waals surface area contributed by atoms with Crippen LogP contribution in [0, 0.1) is 0 Å². The number of carboxylic acids is 1. The maximum Gasteiger partial charge on any atom is 0.322 e. The van der Waals surface area contributed by atoms with E-state index >= 15 is 0 Å². The van der Waals surface area contributed by atoms with Crippen molar-refractivity contribution < 1.29 is 9.90 Å². The second-order valence-electron chi connectivity index (χ2n) is 5.93. The Morgan fingerprint density at radius 2 is 2.05 bits per heavy atom. The smallest absolute Gasteiger partial charge is 0.322 e. The zero-order valence-electron chi connectivity index (χ0n) is 11.9. The average molecular weight is 274 g/mol. The van der Waals surface area contributed by atoms with Crippen LogP contribution in [0.2, 0.25) is 0 Å². The van der Waals surface area contributed by atoms with Crippen LogP contribution in [0.4, 0.5) is 0 Å². The van der Waals surface area contributed by atoms with Crippen molar-refractivity contribution in [2.24, 2.45) is 0 Å². The van der Waals surface area contributed by atoms with Gasteiger partial charge in [0, 0.05) is 25.2 Å². The zero-order valence-corrected chi connectivity index (χ0v) is 11.9. The molecule has 4 heteroatoms. The molecule has 108 valence electrons. The SMILES string of the molecule is CC(c1ccccc1)N1C[C@H]2CCCN2C[C@H]1C(=O)O. The molecule has 1 aromatic carbocycles. The van der Waals surface area contributed by atoms with Crippen LogP contribution < -0.4 is 0 Å². The molecule has 4 nitrogen and oxygen atoms in total. The highest BCUT2D eigenvalue weighted by molar-refractivity contribution is 5.74. The summed E-state index contributed by atoms with van der Waals surface area (Å²) in [6.07, 6.45) is 2.40. The van der Waals surface area contributed by atoms with E-state index in [2.05, 4.69) is 28.9 Å². The number of hydrogen-bond donors (Lipinski definition) is 1. The molecule has 2 heterocycles. The fourth-order valence-corrected chi connectivity index (χ4v) is 3.61. The third-order valence-electron chi connectivity index (χ3n) is 4.79. The molecule has 1 N–H and O–H groups in total. The van der Waals surface area contributed by atoms with E-state index in [9.17, 15) is 9.90 Å². The van der Waals surface area contributed by atoms with Crippen molar-refractivity contribution >= 4 is 5.97 Å². The minimum Gasteiger partial charge on any atom is -0.480 e. The lowest BCUT2D eigenvalue weighted by molar-refractivity contribution is -0.148. The molecule has 0 aliphatic carbocycles. The highest BCUT2D eigenvalue weighted by Crippen LogP contribution is 2.31. The maximum absolute atomic E-state index is 11.6. The lowest BCUT2D eigenvalue weighted by Crippen LogP contribution is -2.59. The quantitative estimate of drug-likeness (QED) is 0.915. The molecule has 0 saturated carbocycles. The molecule has 20 heavy (non-hydrogen) atoms. The van der Waals surface area contributed by atoms with Gasteiger partial charge in [-0.05, 0) is 31.9 Å². The topological polar surface area (TPSA) is 43.8 Å². The molecular weight excluding hydrogens is 252 g/mol. The Labute approximate surface area is 120 Å². The standard InChI is InChI=1S/C16H22N2O2/c1-12(13-6-3-2-4-7-13)18-10-14-8-5-9-17(14)11-15(18)16(19)20/h2-4,6-7,12,14-15H,5,8-11H2,1H3,(H,19,20)/t12?,14-,15+/m1/s1. The fraction of sp³-hybridized carbons (Fsp3) is 0.562. The number of benzene rings is 1. The van der Waals surface area contributed by atoms with Gasteiger partial charge in [0.25, 0.3) is 0 Å². The predicted octanol–water partition coefficient (Wildman–Crippen LogP) is 1.98. The van der Waals surface area contributed by atoms with Crippen molar-refractivity contribution in [2.45, 2.75) is 37.9 Å². The van der Waals surface area contributed by atoms with Gasteiger partial charge in [-0.1, -0.05) is 30.3 Å². The second-order valence-corrected chi connectivity index (χ2v) is 5.93. The number of fused-ring (bicyclic) bond motifs is 1. The van der Waals surface area contributed by atoms with Crippen molar-refractivity contribution in [1.29, 1.82) is 0 Å². The summed E-state index contributed by atoms with van der Waals surface area (Å²) in [5.74, 6) is -0.696. The number of aliphatic carboxylic acids is 1. The first-order valence-corrected chi connectivity index (χ1v) is 7.44. The van der Waals surface area contributed by atoms with Crippen LogP contribution in [0.5, 0.6) is 0 Å². The predicted molar refractivity (Wildman–Crippen MR) is 77.6 cm³/mol. The van der Waals surface area contributed by atoms with E-state index < -0.39 is 5.97 Å². The Morgan fingerprint density at radius 3 is 2.75 bits per heavy atom. The van der Waals surface area contributed by atoms with E-state index in [0.29, 0.717) is 12.6 Å². The van der Waals surface area contributed by atoms with Crippen LogP contribution >= 0.6 is 0 Å². The number of carbonyl (C=O) groups is 1. The molecule has 0 aromatic heterocycles. The lowest BCUT2D eigenvalue weighted by atomic mass is 10.00. The molecule has 2 fully saturated rings. The maximum atomic E-state index is 11.6. The molecule has 0 spiro atoms. The molecule has 0 radical (unpaired) electrons. The summed E-state index contributed by atoms with van der Waals surface area (Å²) in [5.41, 5.74) is 1.20. The van der Waals surface area contributed by atoms with Crippen LogP contribution in [0.15, 0.2) is 30.3 Å². The fourth-order valence-electron chi connectivity index (χ4n) is 3.61. The Morgan fingerprint density at radius 1 is 1.30 bits per heavy atom. The summed E-state index contributed by atoms with van der Waals surface area (Å²) in [7, 11) is 0. The van der Waals surface area contributed by atoms with E-state index in [1.807, 2.05) is 18.2 Å². The van der Waals surface area contributed by atoms with Gasteiger partial charge in [0.2, 0.25) is 0 Å². The summed E-state index contributed by atoms with van der Waals surface area (Å²) < 4.78 is 0. The lowest BCUT2D eigenvalue weighted by Gasteiger charge is -2.44. The molecule has 2 saturated heterocycles. The van der Waals surface area contributed by atoms with Crippen molar-refractivity contribution in [3.63, 3.8) is 0 Å². The van der Waals surface area contributed by atoms with Crippen LogP contribution in [0.1, 0.15) is 31.4 Å². The summed E-state index contributed by atoms with van der Waals surface area (Å²) >= 11 is 0. The first kappa shape index (κ1) is 13.6. The van der Waals surface area contributed by atoms with Gasteiger partial charge in [-0.2, -0.15) is 0 Å².